The Hall–Kier alpha value is -1.67. The average molecular weight is 559 g/mol. The fraction of sp³-hybridized carbons (Fsp3) is 0.903. The number of carbonyl (C=O) groups excluding carboxylic acids is 2. The summed E-state index contributed by atoms with van der Waals surface area (Å²) < 4.78 is 17.0. The Labute approximate surface area is 238 Å². The first-order valence-corrected chi connectivity index (χ1v) is 15.6. The lowest BCUT2D eigenvalue weighted by Crippen LogP contribution is -2.50. The van der Waals surface area contributed by atoms with Crippen LogP contribution in [0.1, 0.15) is 129 Å². The molecule has 1 N–H and O–H groups in total. The summed E-state index contributed by atoms with van der Waals surface area (Å²) in [5, 5.41) is 9.50. The maximum atomic E-state index is 12.4. The van der Waals surface area contributed by atoms with Crippen LogP contribution in [0, 0.1) is 0 Å². The van der Waals surface area contributed by atoms with Gasteiger partial charge in [-0.15, -0.1) is 0 Å². The van der Waals surface area contributed by atoms with Gasteiger partial charge in [0.25, 0.3) is 0 Å². The quantitative estimate of drug-likeness (QED) is 0.0682. The molecule has 0 fully saturated rings. The molecule has 0 saturated heterocycles. The van der Waals surface area contributed by atoms with Gasteiger partial charge in [0.05, 0.1) is 34.4 Å². The van der Waals surface area contributed by atoms with Crippen LogP contribution in [0.3, 0.4) is 0 Å². The minimum atomic E-state index is -0.876. The van der Waals surface area contributed by atoms with Gasteiger partial charge in [-0.25, -0.2) is 4.79 Å². The van der Waals surface area contributed by atoms with Crippen molar-refractivity contribution >= 4 is 17.9 Å². The highest BCUT2D eigenvalue weighted by Crippen LogP contribution is 2.13. The molecule has 8 heteroatoms. The SMILES string of the molecule is CCCCCCCCCCC(=O)OCC(COCCC(C(=O)O)[N+](C)(C)C)OC(=O)CCCCCCCCC. The van der Waals surface area contributed by atoms with E-state index in [9.17, 15) is 19.5 Å². The van der Waals surface area contributed by atoms with E-state index < -0.39 is 18.1 Å². The van der Waals surface area contributed by atoms with E-state index in [0.717, 1.165) is 38.5 Å². The molecule has 2 atom stereocenters. The second-order valence-corrected chi connectivity index (χ2v) is 11.7. The van der Waals surface area contributed by atoms with Crippen molar-refractivity contribution in [3.63, 3.8) is 0 Å². The zero-order valence-electron chi connectivity index (χ0n) is 25.8. The van der Waals surface area contributed by atoms with Crippen LogP contribution in [0.15, 0.2) is 0 Å². The molecule has 0 aliphatic heterocycles. The number of likely N-dealkylation sites (N-methyl/N-ethyl adjacent to an activating group) is 1. The highest BCUT2D eigenvalue weighted by atomic mass is 16.6. The molecule has 2 unspecified atom stereocenters. The number of ether oxygens (including phenoxy) is 3. The van der Waals surface area contributed by atoms with E-state index in [-0.39, 0.29) is 36.2 Å². The van der Waals surface area contributed by atoms with Gasteiger partial charge in [0, 0.05) is 19.3 Å². The van der Waals surface area contributed by atoms with Crippen molar-refractivity contribution < 1.29 is 38.2 Å². The lowest BCUT2D eigenvalue weighted by molar-refractivity contribution is -0.887. The second kappa shape index (κ2) is 24.2. The van der Waals surface area contributed by atoms with Crippen LogP contribution in [0.5, 0.6) is 0 Å². The van der Waals surface area contributed by atoms with Crippen molar-refractivity contribution in [3.8, 4) is 0 Å². The lowest BCUT2D eigenvalue weighted by Gasteiger charge is -2.31. The van der Waals surface area contributed by atoms with Crippen LogP contribution >= 0.6 is 0 Å². The highest BCUT2D eigenvalue weighted by molar-refractivity contribution is 5.72. The highest BCUT2D eigenvalue weighted by Gasteiger charge is 2.31. The molecule has 230 valence electrons. The van der Waals surface area contributed by atoms with Gasteiger partial charge in [0.2, 0.25) is 0 Å². The van der Waals surface area contributed by atoms with Gasteiger partial charge in [-0.1, -0.05) is 97.3 Å². The Balaban J connectivity index is 4.51. The van der Waals surface area contributed by atoms with Crippen LogP contribution in [0.25, 0.3) is 0 Å². The van der Waals surface area contributed by atoms with Crippen LogP contribution < -0.4 is 0 Å². The minimum absolute atomic E-state index is 0.0453. The summed E-state index contributed by atoms with van der Waals surface area (Å²) in [7, 11) is 5.50. The fourth-order valence-electron chi connectivity index (χ4n) is 4.50. The van der Waals surface area contributed by atoms with E-state index in [1.807, 2.05) is 21.1 Å². The zero-order chi connectivity index (χ0) is 29.4. The Kier molecular flexibility index (Phi) is 23.1. The number of unbranched alkanes of at least 4 members (excludes halogenated alkanes) is 13. The summed E-state index contributed by atoms with van der Waals surface area (Å²) in [6, 6.07) is -0.604. The predicted octanol–water partition coefficient (Wildman–Crippen LogP) is 6.68. The van der Waals surface area contributed by atoms with Crippen molar-refractivity contribution in [2.75, 3.05) is 41.0 Å². The van der Waals surface area contributed by atoms with Crippen molar-refractivity contribution in [1.29, 1.82) is 0 Å². The normalized spacial score (nSPS) is 13.2. The van der Waals surface area contributed by atoms with Crippen molar-refractivity contribution in [2.24, 2.45) is 0 Å². The van der Waals surface area contributed by atoms with Crippen LogP contribution in [0.4, 0.5) is 0 Å². The number of esters is 2. The maximum absolute atomic E-state index is 12.4. The smallest absolute Gasteiger partial charge is 0.362 e. The molecule has 0 rings (SSSR count). The number of carbonyl (C=O) groups is 3. The fourth-order valence-corrected chi connectivity index (χ4v) is 4.50. The van der Waals surface area contributed by atoms with Gasteiger partial charge >= 0.3 is 17.9 Å². The van der Waals surface area contributed by atoms with E-state index in [0.29, 0.717) is 19.3 Å². The Morgan fingerprint density at radius 2 is 1.13 bits per heavy atom. The summed E-state index contributed by atoms with van der Waals surface area (Å²) in [4.78, 5) is 36.3. The van der Waals surface area contributed by atoms with Crippen molar-refractivity contribution in [1.82, 2.24) is 0 Å². The van der Waals surface area contributed by atoms with Gasteiger partial charge in [-0.05, 0) is 12.8 Å². The Morgan fingerprint density at radius 1 is 0.667 bits per heavy atom. The monoisotopic (exact) mass is 558 g/mol. The van der Waals surface area contributed by atoms with Gasteiger partial charge in [0.1, 0.15) is 6.61 Å². The van der Waals surface area contributed by atoms with Crippen LogP contribution in [0.2, 0.25) is 0 Å². The Bertz CT molecular complexity index is 633. The molecule has 39 heavy (non-hydrogen) atoms. The number of rotatable bonds is 27. The number of carboxylic acid groups (broad SMARTS) is 1. The molecular weight excluding hydrogens is 498 g/mol. The molecule has 0 amide bonds. The molecule has 0 aromatic heterocycles. The Morgan fingerprint density at radius 3 is 1.59 bits per heavy atom. The summed E-state index contributed by atoms with van der Waals surface area (Å²) in [6.45, 7) is 4.64. The van der Waals surface area contributed by atoms with E-state index in [4.69, 9.17) is 14.2 Å². The number of quaternary nitrogens is 1. The summed E-state index contributed by atoms with van der Waals surface area (Å²) >= 11 is 0. The van der Waals surface area contributed by atoms with Gasteiger partial charge in [0.15, 0.2) is 12.1 Å². The topological polar surface area (TPSA) is 99.1 Å². The molecule has 0 heterocycles. The van der Waals surface area contributed by atoms with E-state index in [1.165, 1.54) is 57.8 Å². The summed E-state index contributed by atoms with van der Waals surface area (Å²) in [5.74, 6) is -1.48. The van der Waals surface area contributed by atoms with Gasteiger partial charge in [-0.3, -0.25) is 9.59 Å². The van der Waals surface area contributed by atoms with E-state index >= 15 is 0 Å². The first-order valence-electron chi connectivity index (χ1n) is 15.6. The predicted molar refractivity (Wildman–Crippen MR) is 156 cm³/mol. The van der Waals surface area contributed by atoms with Crippen molar-refractivity contribution in [2.45, 2.75) is 142 Å². The molecular formula is C31H60NO7+. The number of hydrogen-bond acceptors (Lipinski definition) is 6. The maximum Gasteiger partial charge on any atom is 0.362 e. The number of nitrogens with zero attached hydrogens (tertiary/aromatic N) is 1. The number of carboxylic acids is 1. The first kappa shape index (κ1) is 37.3. The minimum Gasteiger partial charge on any atom is -0.477 e. The molecule has 0 spiro atoms. The van der Waals surface area contributed by atoms with Gasteiger partial charge in [-0.2, -0.15) is 0 Å². The second-order valence-electron chi connectivity index (χ2n) is 11.7. The molecule has 0 radical (unpaired) electrons. The number of hydrogen-bond donors (Lipinski definition) is 1. The summed E-state index contributed by atoms with van der Waals surface area (Å²) in [5.41, 5.74) is 0. The van der Waals surface area contributed by atoms with Crippen molar-refractivity contribution in [3.05, 3.63) is 0 Å². The zero-order valence-corrected chi connectivity index (χ0v) is 25.8. The molecule has 0 aliphatic rings. The molecule has 8 nitrogen and oxygen atoms in total. The first-order chi connectivity index (χ1) is 18.6. The lowest BCUT2D eigenvalue weighted by atomic mass is 10.1. The molecule has 0 saturated carbocycles. The molecule has 0 aliphatic carbocycles. The molecule has 0 aromatic rings. The third-order valence-electron chi connectivity index (χ3n) is 7.01. The van der Waals surface area contributed by atoms with Crippen LogP contribution in [-0.4, -0.2) is 80.6 Å². The molecule has 0 aromatic carbocycles. The standard InChI is InChI=1S/C31H59NO7/c1-6-8-10-12-14-16-17-19-21-29(33)38-26-27(25-37-24-23-28(31(35)36)32(3,4)5)39-30(34)22-20-18-15-13-11-9-7-2/h27-28H,6-26H2,1-5H3/p+1. The van der Waals surface area contributed by atoms with E-state index in [2.05, 4.69) is 13.8 Å². The number of aliphatic carboxylic acids is 1. The average Bonchev–Trinajstić information content (AvgIpc) is 2.86. The largest absolute Gasteiger partial charge is 0.477 e. The van der Waals surface area contributed by atoms with Crippen LogP contribution in [-0.2, 0) is 28.6 Å². The van der Waals surface area contributed by atoms with Gasteiger partial charge < -0.3 is 23.8 Å². The summed E-state index contributed by atoms with van der Waals surface area (Å²) in [6.07, 6.45) is 17.3. The van der Waals surface area contributed by atoms with E-state index in [1.54, 1.807) is 0 Å². The molecule has 0 bridgehead atoms. The third kappa shape index (κ3) is 22.8. The third-order valence-corrected chi connectivity index (χ3v) is 7.01.